The minimum Gasteiger partial charge on any atom is -0.373 e. The molecule has 0 N–H and O–H groups in total. The zero-order valence-electron chi connectivity index (χ0n) is 51.2. The highest BCUT2D eigenvalue weighted by atomic mass is 16.6. The molecule has 14 heteroatoms. The first kappa shape index (κ1) is 70.4. The van der Waals surface area contributed by atoms with E-state index in [4.69, 9.17) is 66.3 Å². The Kier molecular flexibility index (Phi) is 30.8. The first-order chi connectivity index (χ1) is 31.8. The molecular formula is C57H116O14. The van der Waals surface area contributed by atoms with E-state index in [-0.39, 0.29) is 107 Å². The fourth-order valence-electron chi connectivity index (χ4n) is 5.64. The lowest BCUT2D eigenvalue weighted by atomic mass is 9.82. The number of rotatable bonds is 34. The highest BCUT2D eigenvalue weighted by Crippen LogP contribution is 2.28. The largest absolute Gasteiger partial charge is 0.373 e. The van der Waals surface area contributed by atoms with E-state index < -0.39 is 12.2 Å². The predicted octanol–water partition coefficient (Wildman–Crippen LogP) is 11.5. The van der Waals surface area contributed by atoms with Gasteiger partial charge in [-0.2, -0.15) is 0 Å². The Bertz CT molecular complexity index is 1090. The third kappa shape index (κ3) is 45.4. The molecule has 0 aliphatic heterocycles. The molecule has 0 fully saturated rings. The zero-order valence-corrected chi connectivity index (χ0v) is 51.2. The zero-order chi connectivity index (χ0) is 55.3. The van der Waals surface area contributed by atoms with Crippen LogP contribution in [-0.4, -0.2) is 174 Å². The molecule has 0 aromatic carbocycles. The topological polar surface area (TPSA) is 129 Å². The third-order valence-corrected chi connectivity index (χ3v) is 9.98. The Morgan fingerprint density at radius 3 is 0.437 bits per heavy atom. The van der Waals surface area contributed by atoms with E-state index in [1.807, 2.05) is 166 Å². The number of ether oxygens (including phenoxy) is 14. The van der Waals surface area contributed by atoms with Crippen LogP contribution in [0, 0.1) is 11.3 Å². The van der Waals surface area contributed by atoms with E-state index in [1.165, 1.54) is 0 Å². The van der Waals surface area contributed by atoms with Crippen LogP contribution in [0.4, 0.5) is 0 Å². The van der Waals surface area contributed by atoms with Crippen LogP contribution in [0.25, 0.3) is 0 Å². The lowest BCUT2D eigenvalue weighted by Crippen LogP contribution is -2.41. The fraction of sp³-hybridized carbons (Fsp3) is 1.00. The lowest BCUT2D eigenvalue weighted by molar-refractivity contribution is -0.171. The number of hydrogen-bond acceptors (Lipinski definition) is 14. The summed E-state index contributed by atoms with van der Waals surface area (Å²) < 4.78 is 90.0. The Balaban J connectivity index is 6.86. The summed E-state index contributed by atoms with van der Waals surface area (Å²) in [7, 11) is 0. The minimum atomic E-state index is -0.460. The van der Waals surface area contributed by atoms with Crippen LogP contribution in [0.2, 0.25) is 0 Å². The van der Waals surface area contributed by atoms with Crippen molar-refractivity contribution >= 4 is 0 Å². The van der Waals surface area contributed by atoms with Gasteiger partial charge >= 0.3 is 0 Å². The van der Waals surface area contributed by atoms with E-state index in [1.54, 1.807) is 0 Å². The number of hydrogen-bond donors (Lipinski definition) is 0. The second-order valence-electron chi connectivity index (χ2n) is 28.2. The molecule has 0 saturated heterocycles. The van der Waals surface area contributed by atoms with Gasteiger partial charge in [0.1, 0.15) is 36.6 Å². The maximum Gasteiger partial charge on any atom is 0.104 e. The van der Waals surface area contributed by atoms with Crippen LogP contribution in [0.5, 0.6) is 0 Å². The smallest absolute Gasteiger partial charge is 0.104 e. The van der Waals surface area contributed by atoms with Crippen molar-refractivity contribution in [2.75, 3.05) is 92.5 Å². The molecule has 71 heavy (non-hydrogen) atoms. The van der Waals surface area contributed by atoms with Crippen molar-refractivity contribution in [2.45, 2.75) is 268 Å². The summed E-state index contributed by atoms with van der Waals surface area (Å²) in [5.74, 6) is -0.0607. The Hall–Kier alpha value is -0.560. The van der Waals surface area contributed by atoms with E-state index in [2.05, 4.69) is 20.8 Å². The molecule has 0 bridgehead atoms. The Morgan fingerprint density at radius 1 is 0.183 bits per heavy atom. The van der Waals surface area contributed by atoms with E-state index in [0.29, 0.717) is 66.1 Å². The van der Waals surface area contributed by atoms with Crippen molar-refractivity contribution in [1.29, 1.82) is 0 Å². The van der Waals surface area contributed by atoms with E-state index in [9.17, 15) is 0 Å². The van der Waals surface area contributed by atoms with Gasteiger partial charge in [-0.3, -0.25) is 0 Å². The van der Waals surface area contributed by atoms with Gasteiger partial charge in [-0.1, -0.05) is 20.8 Å². The van der Waals surface area contributed by atoms with Crippen molar-refractivity contribution in [3.8, 4) is 0 Å². The second kappa shape index (κ2) is 31.0. The molecule has 0 radical (unpaired) electrons. The first-order valence-electron chi connectivity index (χ1n) is 26.6. The van der Waals surface area contributed by atoms with Gasteiger partial charge in [0.2, 0.25) is 0 Å². The highest BCUT2D eigenvalue weighted by molar-refractivity contribution is 4.78. The Morgan fingerprint density at radius 2 is 0.310 bits per heavy atom. The van der Waals surface area contributed by atoms with Crippen LogP contribution < -0.4 is 0 Å². The molecule has 0 rings (SSSR count). The van der Waals surface area contributed by atoms with Crippen LogP contribution in [-0.2, 0) is 66.3 Å². The third-order valence-electron chi connectivity index (χ3n) is 9.98. The quantitative estimate of drug-likeness (QED) is 0.0606. The van der Waals surface area contributed by atoms with Crippen LogP contribution >= 0.6 is 0 Å². The summed E-state index contributed by atoms with van der Waals surface area (Å²) in [4.78, 5) is 0. The maximum absolute atomic E-state index is 6.88. The second-order valence-corrected chi connectivity index (χ2v) is 28.2. The van der Waals surface area contributed by atoms with Gasteiger partial charge < -0.3 is 66.3 Å². The molecule has 0 aliphatic rings. The average Bonchev–Trinajstić information content (AvgIpc) is 3.14. The molecule has 0 aromatic heterocycles. The molecule has 0 saturated carbocycles. The molecule has 0 heterocycles. The summed E-state index contributed by atoms with van der Waals surface area (Å²) in [5.41, 5.74) is -3.06. The first-order valence-corrected chi connectivity index (χ1v) is 26.6. The van der Waals surface area contributed by atoms with Gasteiger partial charge in [-0.05, 0) is 172 Å². The molecule has 428 valence electrons. The summed E-state index contributed by atoms with van der Waals surface area (Å²) in [6, 6.07) is 0. The molecule has 0 atom stereocenters. The molecule has 0 unspecified atom stereocenters. The summed E-state index contributed by atoms with van der Waals surface area (Å²) >= 11 is 0. The van der Waals surface area contributed by atoms with Gasteiger partial charge in [0.15, 0.2) is 0 Å². The van der Waals surface area contributed by atoms with Gasteiger partial charge in [-0.15, -0.1) is 0 Å². The van der Waals surface area contributed by atoms with Crippen LogP contribution in [0.15, 0.2) is 0 Å². The normalized spacial score (nSPS) is 14.6. The summed E-state index contributed by atoms with van der Waals surface area (Å²) in [6.07, 6.45) is -2.29. The lowest BCUT2D eigenvalue weighted by Gasteiger charge is -2.35. The molecule has 0 aliphatic carbocycles. The van der Waals surface area contributed by atoms with Gasteiger partial charge in [0.25, 0.3) is 0 Å². The van der Waals surface area contributed by atoms with Crippen molar-refractivity contribution < 1.29 is 66.3 Å². The molecule has 14 nitrogen and oxygen atoms in total. The average molecular weight is 1030 g/mol. The molecular weight excluding hydrogens is 909 g/mol. The van der Waals surface area contributed by atoms with Crippen molar-refractivity contribution in [3.05, 3.63) is 0 Å². The van der Waals surface area contributed by atoms with E-state index >= 15 is 0 Å². The Labute approximate surface area is 437 Å². The SMILES string of the molecule is CC(C)(C)OCC(COC(C)(C)C)OCC(COC(COC(C)(C)C)COC(C)(C)C)OCC(COC(COC(COC(C)(C)C)COC(C)(C)C)COC(COC(C)(C)C)COC(C)(C)C)C(C)(C)C. The molecule has 0 amide bonds. The van der Waals surface area contributed by atoms with Gasteiger partial charge in [0, 0.05) is 5.92 Å². The fourth-order valence-corrected chi connectivity index (χ4v) is 5.64. The van der Waals surface area contributed by atoms with Crippen LogP contribution in [0.1, 0.15) is 187 Å². The van der Waals surface area contributed by atoms with Gasteiger partial charge in [0.05, 0.1) is 137 Å². The van der Waals surface area contributed by atoms with Crippen molar-refractivity contribution in [1.82, 2.24) is 0 Å². The summed E-state index contributed by atoms with van der Waals surface area (Å²) in [6.45, 7) is 60.0. The monoisotopic (exact) mass is 1020 g/mol. The molecule has 0 aromatic rings. The minimum absolute atomic E-state index is 0.0607. The standard InChI is InChI=1S/C57H116O14/c1-49(2,3)42(28-58-43(30-60-45(34-64-50(4,5)6)35-65-51(7,8)9)31-61-46(36-66-52(10,11)12)37-67-53(13,14)15)29-59-44(32-62-47(38-68-54(16,17)18)39-69-55(19,20)21)33-63-48(40-70-56(22,23)24)41-71-57(25,26)27/h42-48H,28-41H2,1-27H3. The highest BCUT2D eigenvalue weighted by Gasteiger charge is 2.31. The van der Waals surface area contributed by atoms with Crippen LogP contribution in [0.3, 0.4) is 0 Å². The predicted molar refractivity (Wildman–Crippen MR) is 287 cm³/mol. The van der Waals surface area contributed by atoms with Gasteiger partial charge in [-0.25, -0.2) is 0 Å². The van der Waals surface area contributed by atoms with E-state index in [0.717, 1.165) is 0 Å². The molecule has 0 spiro atoms. The maximum atomic E-state index is 6.88. The summed E-state index contributed by atoms with van der Waals surface area (Å²) in [5, 5.41) is 0. The van der Waals surface area contributed by atoms with Crippen molar-refractivity contribution in [2.24, 2.45) is 11.3 Å². The van der Waals surface area contributed by atoms with Crippen molar-refractivity contribution in [3.63, 3.8) is 0 Å².